The third-order valence-electron chi connectivity index (χ3n) is 3.75. The van der Waals surface area contributed by atoms with Crippen LogP contribution in [0, 0.1) is 17.2 Å². The normalized spacial score (nSPS) is 16.1. The molecule has 2 rings (SSSR count). The van der Waals surface area contributed by atoms with Crippen LogP contribution in [0.25, 0.3) is 0 Å². The van der Waals surface area contributed by atoms with Crippen LogP contribution in [0.15, 0.2) is 30.3 Å². The number of carbonyl (C=O) groups excluding carboxylic acids is 1. The number of hydrogen-bond acceptors (Lipinski definition) is 4. The summed E-state index contributed by atoms with van der Waals surface area (Å²) in [6.45, 7) is 3.30. The van der Waals surface area contributed by atoms with Gasteiger partial charge in [0.05, 0.1) is 12.6 Å². The van der Waals surface area contributed by atoms with Crippen molar-refractivity contribution in [3.05, 3.63) is 35.9 Å². The van der Waals surface area contributed by atoms with E-state index < -0.39 is 0 Å². The summed E-state index contributed by atoms with van der Waals surface area (Å²) in [5, 5.41) is 11.5. The minimum atomic E-state index is -0.363. The predicted octanol–water partition coefficient (Wildman–Crippen LogP) is 2.15. The minimum absolute atomic E-state index is 0.299. The zero-order valence-electron chi connectivity index (χ0n) is 12.1. The first-order valence-corrected chi connectivity index (χ1v) is 7.32. The number of nitriles is 1. The van der Waals surface area contributed by atoms with Crippen molar-refractivity contribution >= 4 is 6.09 Å². The highest BCUT2D eigenvalue weighted by Gasteiger charge is 2.19. The van der Waals surface area contributed by atoms with Gasteiger partial charge in [0.25, 0.3) is 0 Å². The van der Waals surface area contributed by atoms with Crippen LogP contribution in [-0.4, -0.2) is 37.2 Å². The summed E-state index contributed by atoms with van der Waals surface area (Å²) in [6, 6.07) is 11.8. The van der Waals surface area contributed by atoms with Crippen molar-refractivity contribution in [2.24, 2.45) is 5.92 Å². The number of amides is 1. The van der Waals surface area contributed by atoms with Crippen LogP contribution in [-0.2, 0) is 11.3 Å². The van der Waals surface area contributed by atoms with E-state index in [9.17, 15) is 4.79 Å². The molecule has 1 N–H and O–H groups in total. The SMILES string of the molecule is N#CCN1CCC(CNC(=O)OCc2ccccc2)CC1. The lowest BCUT2D eigenvalue weighted by molar-refractivity contribution is 0.134. The molecule has 1 amide bonds. The van der Waals surface area contributed by atoms with E-state index in [0.717, 1.165) is 31.5 Å². The average molecular weight is 287 g/mol. The molecular weight excluding hydrogens is 266 g/mol. The summed E-state index contributed by atoms with van der Waals surface area (Å²) in [6.07, 6.45) is 1.67. The van der Waals surface area contributed by atoms with Crippen LogP contribution in [0.2, 0.25) is 0 Å². The maximum atomic E-state index is 11.6. The van der Waals surface area contributed by atoms with E-state index in [2.05, 4.69) is 16.3 Å². The highest BCUT2D eigenvalue weighted by molar-refractivity contribution is 5.67. The Morgan fingerprint density at radius 3 is 2.71 bits per heavy atom. The predicted molar refractivity (Wildman–Crippen MR) is 79.4 cm³/mol. The Morgan fingerprint density at radius 1 is 1.33 bits per heavy atom. The molecule has 1 aliphatic heterocycles. The number of alkyl carbamates (subject to hydrolysis) is 1. The van der Waals surface area contributed by atoms with E-state index in [0.29, 0.717) is 25.6 Å². The smallest absolute Gasteiger partial charge is 0.407 e. The third-order valence-corrected chi connectivity index (χ3v) is 3.75. The molecule has 1 saturated heterocycles. The van der Waals surface area contributed by atoms with E-state index in [-0.39, 0.29) is 6.09 Å². The summed E-state index contributed by atoms with van der Waals surface area (Å²) in [5.41, 5.74) is 0.984. The van der Waals surface area contributed by atoms with Gasteiger partial charge in [0, 0.05) is 6.54 Å². The molecule has 0 aromatic heterocycles. The molecule has 1 aliphatic rings. The van der Waals surface area contributed by atoms with Gasteiger partial charge in [-0.3, -0.25) is 4.90 Å². The molecule has 5 heteroatoms. The highest BCUT2D eigenvalue weighted by atomic mass is 16.5. The Morgan fingerprint density at radius 2 is 2.05 bits per heavy atom. The van der Waals surface area contributed by atoms with Gasteiger partial charge in [-0.1, -0.05) is 30.3 Å². The number of hydrogen-bond donors (Lipinski definition) is 1. The Bertz CT molecular complexity index is 476. The van der Waals surface area contributed by atoms with Crippen molar-refractivity contribution < 1.29 is 9.53 Å². The number of ether oxygens (including phenoxy) is 1. The molecule has 1 aromatic rings. The Labute approximate surface area is 125 Å². The van der Waals surface area contributed by atoms with Gasteiger partial charge in [-0.15, -0.1) is 0 Å². The number of benzene rings is 1. The number of carbonyl (C=O) groups is 1. The largest absolute Gasteiger partial charge is 0.445 e. The number of nitrogens with zero attached hydrogens (tertiary/aromatic N) is 2. The van der Waals surface area contributed by atoms with Crippen LogP contribution in [0.5, 0.6) is 0 Å². The van der Waals surface area contributed by atoms with Gasteiger partial charge in [-0.2, -0.15) is 5.26 Å². The molecule has 1 fully saturated rings. The zero-order chi connectivity index (χ0) is 14.9. The lowest BCUT2D eigenvalue weighted by Gasteiger charge is -2.30. The van der Waals surface area contributed by atoms with Crippen molar-refractivity contribution in [3.63, 3.8) is 0 Å². The fourth-order valence-electron chi connectivity index (χ4n) is 2.45. The van der Waals surface area contributed by atoms with Gasteiger partial charge in [-0.05, 0) is 37.4 Å². The van der Waals surface area contributed by atoms with Crippen LogP contribution in [0.1, 0.15) is 18.4 Å². The van der Waals surface area contributed by atoms with Gasteiger partial charge < -0.3 is 10.1 Å². The van der Waals surface area contributed by atoms with Crippen LogP contribution in [0.3, 0.4) is 0 Å². The fourth-order valence-corrected chi connectivity index (χ4v) is 2.45. The maximum absolute atomic E-state index is 11.6. The van der Waals surface area contributed by atoms with Crippen LogP contribution >= 0.6 is 0 Å². The van der Waals surface area contributed by atoms with Gasteiger partial charge in [0.2, 0.25) is 0 Å². The average Bonchev–Trinajstić information content (AvgIpc) is 2.53. The Kier molecular flexibility index (Phi) is 6.04. The molecule has 1 heterocycles. The molecule has 0 aliphatic carbocycles. The molecule has 112 valence electrons. The highest BCUT2D eigenvalue weighted by Crippen LogP contribution is 2.15. The first-order valence-electron chi connectivity index (χ1n) is 7.32. The number of nitrogens with one attached hydrogen (secondary N) is 1. The maximum Gasteiger partial charge on any atom is 0.407 e. The van der Waals surface area contributed by atoms with Crippen molar-refractivity contribution in [1.82, 2.24) is 10.2 Å². The monoisotopic (exact) mass is 287 g/mol. The van der Waals surface area contributed by atoms with Crippen molar-refractivity contribution in [2.45, 2.75) is 19.4 Å². The second kappa shape index (κ2) is 8.28. The molecule has 0 atom stereocenters. The Balaban J connectivity index is 1.60. The zero-order valence-corrected chi connectivity index (χ0v) is 12.1. The van der Waals surface area contributed by atoms with E-state index in [1.54, 1.807) is 0 Å². The van der Waals surface area contributed by atoms with E-state index in [4.69, 9.17) is 10.00 Å². The second-order valence-corrected chi connectivity index (χ2v) is 5.32. The quantitative estimate of drug-likeness (QED) is 0.843. The first kappa shape index (κ1) is 15.3. The molecule has 0 spiro atoms. The van der Waals surface area contributed by atoms with Gasteiger partial charge >= 0.3 is 6.09 Å². The molecule has 0 bridgehead atoms. The van der Waals surface area contributed by atoms with Gasteiger partial charge in [-0.25, -0.2) is 4.79 Å². The fraction of sp³-hybridized carbons (Fsp3) is 0.500. The molecule has 5 nitrogen and oxygen atoms in total. The number of piperidine rings is 1. The lowest BCUT2D eigenvalue weighted by atomic mass is 9.97. The van der Waals surface area contributed by atoms with Crippen LogP contribution < -0.4 is 5.32 Å². The number of likely N-dealkylation sites (tertiary alicyclic amines) is 1. The summed E-state index contributed by atoms with van der Waals surface area (Å²) < 4.78 is 5.18. The first-order chi connectivity index (χ1) is 10.3. The van der Waals surface area contributed by atoms with Crippen molar-refractivity contribution in [3.8, 4) is 6.07 Å². The lowest BCUT2D eigenvalue weighted by Crippen LogP contribution is -2.38. The molecule has 0 radical (unpaired) electrons. The second-order valence-electron chi connectivity index (χ2n) is 5.32. The summed E-state index contributed by atoms with van der Waals surface area (Å²) in [7, 11) is 0. The molecule has 1 aromatic carbocycles. The van der Waals surface area contributed by atoms with Gasteiger partial charge in [0.15, 0.2) is 0 Å². The molecule has 0 unspecified atom stereocenters. The van der Waals surface area contributed by atoms with Gasteiger partial charge in [0.1, 0.15) is 6.61 Å². The molecular formula is C16H21N3O2. The van der Waals surface area contributed by atoms with Crippen molar-refractivity contribution in [1.29, 1.82) is 5.26 Å². The minimum Gasteiger partial charge on any atom is -0.445 e. The summed E-state index contributed by atoms with van der Waals surface area (Å²) >= 11 is 0. The van der Waals surface area contributed by atoms with E-state index in [1.807, 2.05) is 30.3 Å². The van der Waals surface area contributed by atoms with E-state index >= 15 is 0 Å². The summed E-state index contributed by atoms with van der Waals surface area (Å²) in [5.74, 6) is 0.476. The van der Waals surface area contributed by atoms with Crippen LogP contribution in [0.4, 0.5) is 4.79 Å². The third kappa shape index (κ3) is 5.44. The molecule has 21 heavy (non-hydrogen) atoms. The van der Waals surface area contributed by atoms with Crippen molar-refractivity contribution in [2.75, 3.05) is 26.2 Å². The Hall–Kier alpha value is -2.06. The summed E-state index contributed by atoms with van der Waals surface area (Å²) in [4.78, 5) is 13.8. The van der Waals surface area contributed by atoms with E-state index in [1.165, 1.54) is 0 Å². The standard InChI is InChI=1S/C16H21N3O2/c17-8-11-19-9-6-14(7-10-19)12-18-16(20)21-13-15-4-2-1-3-5-15/h1-5,14H,6-7,9-13H2,(H,18,20). The topological polar surface area (TPSA) is 65.4 Å². The number of rotatable bonds is 5. The molecule has 0 saturated carbocycles.